The lowest BCUT2D eigenvalue weighted by molar-refractivity contribution is -0.145. The third-order valence-electron chi connectivity index (χ3n) is 4.78. The van der Waals surface area contributed by atoms with Gasteiger partial charge in [0, 0.05) is 55.8 Å². The van der Waals surface area contributed by atoms with Gasteiger partial charge in [0.05, 0.1) is 0 Å². The summed E-state index contributed by atoms with van der Waals surface area (Å²) in [4.78, 5) is 38.2. The lowest BCUT2D eigenvalue weighted by atomic mass is 10.0. The molecule has 0 unspecified atom stereocenters. The number of para-hydroxylation sites is 1. The fourth-order valence-electron chi connectivity index (χ4n) is 3.55. The highest BCUT2D eigenvalue weighted by molar-refractivity contribution is 5.90. The Balaban J connectivity index is 1.97. The Kier molecular flexibility index (Phi) is 4.94. The van der Waals surface area contributed by atoms with Crippen LogP contribution in [0.3, 0.4) is 0 Å². The molecule has 1 aliphatic rings. The normalized spacial score (nSPS) is 16.6. The van der Waals surface area contributed by atoms with Crippen molar-refractivity contribution >= 4 is 28.7 Å². The molecule has 0 spiro atoms. The van der Waals surface area contributed by atoms with Crippen LogP contribution in [0.5, 0.6) is 0 Å². The van der Waals surface area contributed by atoms with E-state index in [1.165, 1.54) is 6.92 Å². The van der Waals surface area contributed by atoms with Gasteiger partial charge < -0.3 is 19.7 Å². The van der Waals surface area contributed by atoms with Crippen LogP contribution in [0.25, 0.3) is 10.9 Å². The van der Waals surface area contributed by atoms with Crippen molar-refractivity contribution in [2.24, 2.45) is 0 Å². The second kappa shape index (κ2) is 7.17. The zero-order valence-electron chi connectivity index (χ0n) is 14.5. The van der Waals surface area contributed by atoms with E-state index in [-0.39, 0.29) is 12.5 Å². The number of aromatic nitrogens is 1. The van der Waals surface area contributed by atoms with E-state index in [0.29, 0.717) is 37.3 Å². The maximum absolute atomic E-state index is 12.0. The second-order valence-corrected chi connectivity index (χ2v) is 6.41. The van der Waals surface area contributed by atoms with Crippen LogP contribution in [-0.2, 0) is 20.9 Å². The van der Waals surface area contributed by atoms with E-state index in [1.54, 1.807) is 27.8 Å². The van der Waals surface area contributed by atoms with E-state index in [9.17, 15) is 19.5 Å². The average Bonchev–Trinajstić information content (AvgIpc) is 2.93. The molecule has 1 amide bonds. The summed E-state index contributed by atoms with van der Waals surface area (Å²) in [5, 5.41) is 19.7. The topological polar surface area (TPSA) is 103 Å². The van der Waals surface area contributed by atoms with Gasteiger partial charge in [0.25, 0.3) is 0 Å². The largest absolute Gasteiger partial charge is 0.480 e. The number of carbonyl (C=O) groups excluding carboxylic acids is 1. The van der Waals surface area contributed by atoms with E-state index >= 15 is 0 Å². The summed E-state index contributed by atoms with van der Waals surface area (Å²) in [5.74, 6) is -1.99. The van der Waals surface area contributed by atoms with Gasteiger partial charge in [-0.25, -0.2) is 0 Å². The van der Waals surface area contributed by atoms with Crippen LogP contribution in [0.1, 0.15) is 18.5 Å². The van der Waals surface area contributed by atoms with Crippen molar-refractivity contribution in [3.05, 3.63) is 36.0 Å². The number of benzene rings is 1. The molecule has 3 rings (SSSR count). The van der Waals surface area contributed by atoms with Crippen molar-refractivity contribution in [1.82, 2.24) is 14.4 Å². The van der Waals surface area contributed by atoms with E-state index in [2.05, 4.69) is 0 Å². The number of aliphatic carboxylic acids is 2. The summed E-state index contributed by atoms with van der Waals surface area (Å²) in [6.45, 7) is 3.14. The van der Waals surface area contributed by atoms with Crippen molar-refractivity contribution in [1.29, 1.82) is 0 Å². The summed E-state index contributed by atoms with van der Waals surface area (Å²) in [7, 11) is 0. The molecule has 2 aromatic rings. The Morgan fingerprint density at radius 1 is 1.08 bits per heavy atom. The molecule has 0 saturated carbocycles. The fraction of sp³-hybridized carbons (Fsp3) is 0.389. The number of hydrogen-bond donors (Lipinski definition) is 2. The molecule has 26 heavy (non-hydrogen) atoms. The molecule has 0 bridgehead atoms. The second-order valence-electron chi connectivity index (χ2n) is 6.41. The van der Waals surface area contributed by atoms with Crippen LogP contribution in [0, 0.1) is 0 Å². The summed E-state index contributed by atoms with van der Waals surface area (Å²) in [5.41, 5.74) is 1.27. The maximum Gasteiger partial charge on any atom is 0.325 e. The number of carboxylic acid groups (broad SMARTS) is 2. The molecular formula is C18H21N3O5. The molecule has 2 N–H and O–H groups in total. The number of hydrogen-bond acceptors (Lipinski definition) is 4. The third-order valence-corrected chi connectivity index (χ3v) is 4.78. The van der Waals surface area contributed by atoms with Crippen LogP contribution >= 0.6 is 0 Å². The van der Waals surface area contributed by atoms with Gasteiger partial charge in [0.2, 0.25) is 5.91 Å². The van der Waals surface area contributed by atoms with Crippen LogP contribution < -0.4 is 0 Å². The van der Waals surface area contributed by atoms with Gasteiger partial charge in [-0.2, -0.15) is 0 Å². The minimum Gasteiger partial charge on any atom is -0.480 e. The Labute approximate surface area is 150 Å². The predicted octanol–water partition coefficient (Wildman–Crippen LogP) is 1.02. The quantitative estimate of drug-likeness (QED) is 0.826. The molecule has 2 heterocycles. The van der Waals surface area contributed by atoms with Gasteiger partial charge in [-0.15, -0.1) is 0 Å². The number of carboxylic acids is 2. The lowest BCUT2D eigenvalue weighted by Gasteiger charge is -2.37. The summed E-state index contributed by atoms with van der Waals surface area (Å²) in [6.07, 6.45) is 1.62. The summed E-state index contributed by atoms with van der Waals surface area (Å²) in [6, 6.07) is 6.32. The maximum atomic E-state index is 12.0. The molecule has 1 atom stereocenters. The number of nitrogens with zero attached hydrogens (tertiary/aromatic N) is 3. The van der Waals surface area contributed by atoms with Gasteiger partial charge in [0.15, 0.2) is 0 Å². The van der Waals surface area contributed by atoms with Gasteiger partial charge in [-0.3, -0.25) is 19.3 Å². The highest BCUT2D eigenvalue weighted by atomic mass is 16.4. The highest BCUT2D eigenvalue weighted by Crippen LogP contribution is 2.31. The molecule has 1 aliphatic heterocycles. The minimum absolute atomic E-state index is 0.0189. The zero-order chi connectivity index (χ0) is 18.8. The first-order valence-electron chi connectivity index (χ1n) is 8.40. The summed E-state index contributed by atoms with van der Waals surface area (Å²) < 4.78 is 1.56. The van der Waals surface area contributed by atoms with Crippen molar-refractivity contribution in [2.45, 2.75) is 19.5 Å². The Morgan fingerprint density at radius 2 is 1.73 bits per heavy atom. The molecule has 1 aromatic heterocycles. The monoisotopic (exact) mass is 359 g/mol. The SMILES string of the molecule is CC(=O)N1CCN([C@H](C(=O)O)c2cn(CC(=O)O)c3ccccc23)CC1. The van der Waals surface area contributed by atoms with Crippen molar-refractivity contribution in [2.75, 3.05) is 26.2 Å². The number of carbonyl (C=O) groups is 3. The van der Waals surface area contributed by atoms with Crippen LogP contribution in [0.15, 0.2) is 30.5 Å². The highest BCUT2D eigenvalue weighted by Gasteiger charge is 2.33. The average molecular weight is 359 g/mol. The fourth-order valence-corrected chi connectivity index (χ4v) is 3.55. The molecule has 8 heteroatoms. The minimum atomic E-state index is -0.987. The van der Waals surface area contributed by atoms with Crippen molar-refractivity contribution in [3.63, 3.8) is 0 Å². The third kappa shape index (κ3) is 3.41. The molecule has 0 aliphatic carbocycles. The van der Waals surface area contributed by atoms with Crippen LogP contribution in [0.2, 0.25) is 0 Å². The molecule has 1 saturated heterocycles. The molecular weight excluding hydrogens is 338 g/mol. The van der Waals surface area contributed by atoms with E-state index in [1.807, 2.05) is 17.0 Å². The summed E-state index contributed by atoms with van der Waals surface area (Å²) >= 11 is 0. The Hall–Kier alpha value is -2.87. The van der Waals surface area contributed by atoms with Crippen LogP contribution in [0.4, 0.5) is 0 Å². The van der Waals surface area contributed by atoms with E-state index in [4.69, 9.17) is 5.11 Å². The molecule has 0 radical (unpaired) electrons. The molecule has 1 fully saturated rings. The van der Waals surface area contributed by atoms with E-state index in [0.717, 1.165) is 5.39 Å². The molecule has 1 aromatic carbocycles. The van der Waals surface area contributed by atoms with Gasteiger partial charge >= 0.3 is 11.9 Å². The van der Waals surface area contributed by atoms with Gasteiger partial charge in [-0.05, 0) is 6.07 Å². The first-order valence-corrected chi connectivity index (χ1v) is 8.40. The van der Waals surface area contributed by atoms with Crippen LogP contribution in [-0.4, -0.2) is 68.6 Å². The molecule has 138 valence electrons. The van der Waals surface area contributed by atoms with Crippen molar-refractivity contribution < 1.29 is 24.6 Å². The number of fused-ring (bicyclic) bond motifs is 1. The lowest BCUT2D eigenvalue weighted by Crippen LogP contribution is -2.50. The van der Waals surface area contributed by atoms with Gasteiger partial charge in [0.1, 0.15) is 12.6 Å². The Morgan fingerprint density at radius 3 is 2.31 bits per heavy atom. The predicted molar refractivity (Wildman–Crippen MR) is 93.8 cm³/mol. The number of rotatable bonds is 5. The van der Waals surface area contributed by atoms with Gasteiger partial charge in [-0.1, -0.05) is 18.2 Å². The smallest absolute Gasteiger partial charge is 0.325 e. The van der Waals surface area contributed by atoms with E-state index < -0.39 is 18.0 Å². The zero-order valence-corrected chi connectivity index (χ0v) is 14.5. The first kappa shape index (κ1) is 17.9. The standard InChI is InChI=1S/C18H21N3O5/c1-12(22)19-6-8-20(9-7-19)17(18(25)26)14-10-21(11-16(23)24)15-5-3-2-4-13(14)15/h2-5,10,17H,6-9,11H2,1H3,(H,23,24)(H,25,26)/t17-/m0/s1. The first-order chi connectivity index (χ1) is 12.4. The number of piperazine rings is 1. The van der Waals surface area contributed by atoms with Crippen molar-refractivity contribution in [3.8, 4) is 0 Å². The Bertz CT molecular complexity index is 852. The molecule has 8 nitrogen and oxygen atoms in total. The number of amides is 1.